The molecule has 1 saturated heterocycles. The molecular formula is C40H50N10O4. The molecule has 4 atom stereocenters. The van der Waals surface area contributed by atoms with Gasteiger partial charge in [-0.1, -0.05) is 88.4 Å². The van der Waals surface area contributed by atoms with E-state index in [0.29, 0.717) is 18.9 Å². The van der Waals surface area contributed by atoms with Gasteiger partial charge in [-0.25, -0.2) is 19.6 Å². The quantitative estimate of drug-likeness (QED) is 0.116. The van der Waals surface area contributed by atoms with Gasteiger partial charge >= 0.3 is 12.1 Å². The summed E-state index contributed by atoms with van der Waals surface area (Å²) in [7, 11) is 3.06. The maximum atomic E-state index is 13.5. The molecule has 6 N–H and O–H groups in total. The zero-order valence-electron chi connectivity index (χ0n) is 31.6. The van der Waals surface area contributed by atoms with Crippen LogP contribution in [0.5, 0.6) is 0 Å². The molecule has 0 spiro atoms. The van der Waals surface area contributed by atoms with Gasteiger partial charge in [0.1, 0.15) is 29.8 Å². The van der Waals surface area contributed by atoms with Gasteiger partial charge in [-0.15, -0.1) is 0 Å². The summed E-state index contributed by atoms with van der Waals surface area (Å²) in [6.45, 7) is 8.72. The van der Waals surface area contributed by atoms with E-state index in [1.807, 2.05) is 63.1 Å². The van der Waals surface area contributed by atoms with E-state index >= 15 is 0 Å². The van der Waals surface area contributed by atoms with Crippen LogP contribution in [0.2, 0.25) is 0 Å². The number of rotatable bonds is 11. The number of hydrogen-bond acceptors (Lipinski definition) is 6. The van der Waals surface area contributed by atoms with Gasteiger partial charge in [0.2, 0.25) is 11.8 Å². The molecular weight excluding hydrogens is 685 g/mol. The molecule has 2 unspecified atom stereocenters. The van der Waals surface area contributed by atoms with E-state index in [1.54, 1.807) is 11.1 Å². The molecule has 54 heavy (non-hydrogen) atoms. The van der Waals surface area contributed by atoms with E-state index in [9.17, 15) is 19.2 Å². The molecule has 0 aliphatic carbocycles. The van der Waals surface area contributed by atoms with Gasteiger partial charge in [0.25, 0.3) is 0 Å². The second-order valence-electron chi connectivity index (χ2n) is 14.5. The summed E-state index contributed by atoms with van der Waals surface area (Å²) in [5.41, 5.74) is 5.76. The van der Waals surface area contributed by atoms with Gasteiger partial charge in [-0.05, 0) is 46.9 Å². The van der Waals surface area contributed by atoms with Crippen LogP contribution in [0.4, 0.5) is 9.59 Å². The van der Waals surface area contributed by atoms with Crippen LogP contribution in [0.25, 0.3) is 33.6 Å². The molecule has 4 heterocycles. The van der Waals surface area contributed by atoms with Crippen molar-refractivity contribution >= 4 is 23.9 Å². The molecule has 0 saturated carbocycles. The Hall–Kier alpha value is -5.92. The largest absolute Gasteiger partial charge is 0.341 e. The molecule has 1 fully saturated rings. The van der Waals surface area contributed by atoms with E-state index in [2.05, 4.69) is 77.6 Å². The highest BCUT2D eigenvalue weighted by atomic mass is 16.2. The van der Waals surface area contributed by atoms with Crippen LogP contribution in [0.1, 0.15) is 64.3 Å². The third kappa shape index (κ3) is 8.02. The Morgan fingerprint density at radius 3 is 1.65 bits per heavy atom. The normalized spacial score (nSPS) is 17.9. The van der Waals surface area contributed by atoms with Crippen molar-refractivity contribution < 1.29 is 19.2 Å². The van der Waals surface area contributed by atoms with Crippen LogP contribution in [0, 0.1) is 11.8 Å². The maximum absolute atomic E-state index is 13.5. The van der Waals surface area contributed by atoms with Gasteiger partial charge in [-0.2, -0.15) is 0 Å². The van der Waals surface area contributed by atoms with Crippen LogP contribution < -0.4 is 21.3 Å². The van der Waals surface area contributed by atoms with Gasteiger partial charge < -0.3 is 41.0 Å². The number of likely N-dealkylation sites (tertiary alicyclic amines) is 1. The summed E-state index contributed by atoms with van der Waals surface area (Å²) in [4.78, 5) is 70.8. The SMILES string of the molecule is CNC(=O)N[C@H](C(=O)N1CC=CC1c1ncc(-c2ccc(-c3ccc(-c4cnc(C5CCCN5C(=O)[C@@H](NC(=O)NC)C(C)C)[nH]4)cc3)cc2)[nH]1)C(C)C. The number of aromatic nitrogens is 4. The topological polar surface area (TPSA) is 180 Å². The lowest BCUT2D eigenvalue weighted by molar-refractivity contribution is -0.135. The highest BCUT2D eigenvalue weighted by Gasteiger charge is 2.38. The van der Waals surface area contributed by atoms with Gasteiger partial charge in [-0.3, -0.25) is 9.59 Å². The van der Waals surface area contributed by atoms with Crippen LogP contribution in [-0.4, -0.2) is 92.9 Å². The zero-order valence-corrected chi connectivity index (χ0v) is 31.6. The Labute approximate surface area is 315 Å². The van der Waals surface area contributed by atoms with Gasteiger partial charge in [0.15, 0.2) is 0 Å². The van der Waals surface area contributed by atoms with Crippen LogP contribution in [-0.2, 0) is 9.59 Å². The Balaban J connectivity index is 1.11. The van der Waals surface area contributed by atoms with E-state index in [4.69, 9.17) is 0 Å². The van der Waals surface area contributed by atoms with Crippen molar-refractivity contribution in [3.63, 3.8) is 0 Å². The number of carbonyl (C=O) groups excluding carboxylic acids is 4. The van der Waals surface area contributed by atoms with Crippen molar-refractivity contribution in [1.82, 2.24) is 51.0 Å². The number of amides is 6. The minimum atomic E-state index is -0.663. The molecule has 284 valence electrons. The molecule has 2 aliphatic heterocycles. The highest BCUT2D eigenvalue weighted by molar-refractivity contribution is 5.88. The second-order valence-corrected chi connectivity index (χ2v) is 14.5. The number of aromatic amines is 2. The van der Waals surface area contributed by atoms with E-state index in [0.717, 1.165) is 52.3 Å². The zero-order chi connectivity index (χ0) is 38.5. The maximum Gasteiger partial charge on any atom is 0.315 e. The minimum Gasteiger partial charge on any atom is -0.341 e. The lowest BCUT2D eigenvalue weighted by Crippen LogP contribution is -2.53. The number of H-pyrrole nitrogens is 2. The second kappa shape index (κ2) is 16.4. The number of carbonyl (C=O) groups is 4. The Morgan fingerprint density at radius 1 is 0.685 bits per heavy atom. The van der Waals surface area contributed by atoms with E-state index in [-0.39, 0.29) is 41.8 Å². The van der Waals surface area contributed by atoms with Crippen molar-refractivity contribution in [1.29, 1.82) is 0 Å². The molecule has 14 nitrogen and oxygen atoms in total. The van der Waals surface area contributed by atoms with Gasteiger partial charge in [0, 0.05) is 27.2 Å². The smallest absolute Gasteiger partial charge is 0.315 e. The average Bonchev–Trinajstić information content (AvgIpc) is 4.02. The van der Waals surface area contributed by atoms with Crippen molar-refractivity contribution in [2.24, 2.45) is 11.8 Å². The number of nitrogens with one attached hydrogen (secondary N) is 6. The van der Waals surface area contributed by atoms with Crippen molar-refractivity contribution in [2.75, 3.05) is 27.2 Å². The lowest BCUT2D eigenvalue weighted by Gasteiger charge is -2.30. The first-order chi connectivity index (χ1) is 26.0. The first-order valence-electron chi connectivity index (χ1n) is 18.5. The van der Waals surface area contributed by atoms with Crippen molar-refractivity contribution in [3.05, 3.63) is 84.7 Å². The molecule has 4 aromatic rings. The molecule has 0 radical (unpaired) electrons. The fourth-order valence-corrected chi connectivity index (χ4v) is 7.08. The number of benzene rings is 2. The summed E-state index contributed by atoms with van der Waals surface area (Å²) >= 11 is 0. The molecule has 6 amide bonds. The van der Waals surface area contributed by atoms with E-state index in [1.165, 1.54) is 14.1 Å². The summed E-state index contributed by atoms with van der Waals surface area (Å²) in [6, 6.07) is 13.9. The predicted octanol–water partition coefficient (Wildman–Crippen LogP) is 5.14. The monoisotopic (exact) mass is 734 g/mol. The number of urea groups is 2. The third-order valence-electron chi connectivity index (χ3n) is 10.2. The first kappa shape index (κ1) is 37.8. The van der Waals surface area contributed by atoms with Crippen LogP contribution >= 0.6 is 0 Å². The lowest BCUT2D eigenvalue weighted by atomic mass is 10.0. The standard InChI is InChI=1S/C40H50N10O4/c1-23(2)33(47-39(53)41-5)37(51)49-19-7-9-31(49)35-43-21-29(45-35)27-15-11-25(12-16-27)26-13-17-28(18-14-26)30-22-44-36(46-30)32-10-8-20-50(32)38(52)34(24(3)4)48-40(54)42-6/h7,9,11-18,21-24,31-34H,8,10,19-20H2,1-6H3,(H,43,45)(H,44,46)(H2,41,47,53)(H2,42,48,54)/t31?,32?,33-,34-/m0/s1. The Kier molecular flexibility index (Phi) is 11.5. The third-order valence-corrected chi connectivity index (χ3v) is 10.2. The Morgan fingerprint density at radius 2 is 1.15 bits per heavy atom. The minimum absolute atomic E-state index is 0.0648. The Bertz CT molecular complexity index is 1980. The average molecular weight is 735 g/mol. The predicted molar refractivity (Wildman–Crippen MR) is 207 cm³/mol. The fourth-order valence-electron chi connectivity index (χ4n) is 7.08. The first-order valence-corrected chi connectivity index (χ1v) is 18.5. The molecule has 14 heteroatoms. The van der Waals surface area contributed by atoms with Gasteiger partial charge in [0.05, 0.1) is 29.8 Å². The molecule has 2 aromatic carbocycles. The molecule has 6 rings (SSSR count). The molecule has 2 aliphatic rings. The number of hydrogen-bond donors (Lipinski definition) is 6. The number of imidazole rings is 2. The molecule has 2 aromatic heterocycles. The van der Waals surface area contributed by atoms with Crippen molar-refractivity contribution in [3.8, 4) is 33.6 Å². The van der Waals surface area contributed by atoms with Crippen molar-refractivity contribution in [2.45, 2.75) is 64.7 Å². The summed E-state index contributed by atoms with van der Waals surface area (Å²) in [5.74, 6) is 0.972. The summed E-state index contributed by atoms with van der Waals surface area (Å²) in [5, 5.41) is 10.7. The van der Waals surface area contributed by atoms with E-state index < -0.39 is 18.1 Å². The highest BCUT2D eigenvalue weighted by Crippen LogP contribution is 2.34. The van der Waals surface area contributed by atoms with Crippen LogP contribution in [0.3, 0.4) is 0 Å². The fraction of sp³-hybridized carbons (Fsp3) is 0.400. The number of nitrogens with zero attached hydrogens (tertiary/aromatic N) is 4. The summed E-state index contributed by atoms with van der Waals surface area (Å²) < 4.78 is 0. The summed E-state index contributed by atoms with van der Waals surface area (Å²) in [6.07, 6.45) is 9.14. The molecule has 0 bridgehead atoms. The van der Waals surface area contributed by atoms with Crippen LogP contribution in [0.15, 0.2) is 73.1 Å².